The Kier molecular flexibility index (Phi) is 3.30. The highest BCUT2D eigenvalue weighted by atomic mass is 127. The number of aryl methyl sites for hydroxylation is 1. The molecule has 1 rings (SSSR count). The van der Waals surface area contributed by atoms with Crippen LogP contribution in [0.1, 0.15) is 11.1 Å². The van der Waals surface area contributed by atoms with Gasteiger partial charge in [-0.3, -0.25) is 0 Å². The standard InChI is InChI=1S/C10H8IN/c1-8-5-9(3-2-4-12)7-10(11)6-8/h2-3,5-7H,1H3/b3-2-. The molecule has 60 valence electrons. The van der Waals surface area contributed by atoms with E-state index < -0.39 is 0 Å². The molecule has 0 amide bonds. The molecular weight excluding hydrogens is 261 g/mol. The van der Waals surface area contributed by atoms with E-state index in [9.17, 15) is 0 Å². The molecule has 0 aliphatic rings. The van der Waals surface area contributed by atoms with Crippen LogP contribution in [-0.2, 0) is 0 Å². The van der Waals surface area contributed by atoms with Gasteiger partial charge in [-0.25, -0.2) is 0 Å². The third kappa shape index (κ3) is 2.67. The number of rotatable bonds is 1. The van der Waals surface area contributed by atoms with Gasteiger partial charge in [-0.05, 0) is 58.9 Å². The SMILES string of the molecule is Cc1cc(I)cc(/C=C\C#N)c1. The lowest BCUT2D eigenvalue weighted by Crippen LogP contribution is -1.78. The van der Waals surface area contributed by atoms with Crippen molar-refractivity contribution in [2.24, 2.45) is 0 Å². The van der Waals surface area contributed by atoms with E-state index in [0.29, 0.717) is 0 Å². The zero-order valence-corrected chi connectivity index (χ0v) is 8.87. The Bertz CT molecular complexity index is 327. The molecular formula is C10H8IN. The first kappa shape index (κ1) is 9.27. The monoisotopic (exact) mass is 269 g/mol. The molecule has 0 unspecified atom stereocenters. The molecule has 0 heterocycles. The van der Waals surface area contributed by atoms with Gasteiger partial charge >= 0.3 is 0 Å². The number of benzene rings is 1. The van der Waals surface area contributed by atoms with Crippen LogP contribution in [0.15, 0.2) is 24.3 Å². The van der Waals surface area contributed by atoms with Crippen molar-refractivity contribution < 1.29 is 0 Å². The fourth-order valence-electron chi connectivity index (χ4n) is 0.994. The van der Waals surface area contributed by atoms with Crippen molar-refractivity contribution in [2.45, 2.75) is 6.92 Å². The van der Waals surface area contributed by atoms with Crippen LogP contribution in [0.2, 0.25) is 0 Å². The van der Waals surface area contributed by atoms with Crippen molar-refractivity contribution in [2.75, 3.05) is 0 Å². The van der Waals surface area contributed by atoms with Crippen LogP contribution in [0.4, 0.5) is 0 Å². The number of hydrogen-bond donors (Lipinski definition) is 0. The Labute approximate surface area is 85.9 Å². The lowest BCUT2D eigenvalue weighted by molar-refractivity contribution is 1.43. The third-order valence-corrected chi connectivity index (χ3v) is 2.04. The summed E-state index contributed by atoms with van der Waals surface area (Å²) >= 11 is 2.27. The third-order valence-electron chi connectivity index (χ3n) is 1.41. The second-order valence-corrected chi connectivity index (χ2v) is 3.77. The van der Waals surface area contributed by atoms with E-state index in [1.807, 2.05) is 25.1 Å². The summed E-state index contributed by atoms with van der Waals surface area (Å²) in [6, 6.07) is 8.17. The minimum atomic E-state index is 1.08. The van der Waals surface area contributed by atoms with Crippen molar-refractivity contribution in [3.8, 4) is 6.07 Å². The molecule has 0 aliphatic heterocycles. The van der Waals surface area contributed by atoms with Crippen LogP contribution < -0.4 is 0 Å². The molecule has 2 heteroatoms. The Morgan fingerprint density at radius 3 is 2.75 bits per heavy atom. The summed E-state index contributed by atoms with van der Waals surface area (Å²) in [6.07, 6.45) is 3.31. The maximum absolute atomic E-state index is 8.33. The van der Waals surface area contributed by atoms with Crippen molar-refractivity contribution >= 4 is 28.7 Å². The van der Waals surface area contributed by atoms with Gasteiger partial charge in [-0.15, -0.1) is 0 Å². The van der Waals surface area contributed by atoms with E-state index in [0.717, 1.165) is 5.56 Å². The van der Waals surface area contributed by atoms with E-state index >= 15 is 0 Å². The first-order valence-corrected chi connectivity index (χ1v) is 4.63. The van der Waals surface area contributed by atoms with Gasteiger partial charge in [0.15, 0.2) is 0 Å². The lowest BCUT2D eigenvalue weighted by Gasteiger charge is -1.97. The molecule has 0 bridgehead atoms. The summed E-state index contributed by atoms with van der Waals surface area (Å²) < 4.78 is 1.20. The van der Waals surface area contributed by atoms with Gasteiger partial charge in [0.05, 0.1) is 6.07 Å². The molecule has 1 nitrogen and oxygen atoms in total. The highest BCUT2D eigenvalue weighted by molar-refractivity contribution is 14.1. The summed E-state index contributed by atoms with van der Waals surface area (Å²) in [6.45, 7) is 2.05. The fraction of sp³-hybridized carbons (Fsp3) is 0.100. The van der Waals surface area contributed by atoms with Crippen LogP contribution in [-0.4, -0.2) is 0 Å². The van der Waals surface area contributed by atoms with Crippen molar-refractivity contribution in [3.63, 3.8) is 0 Å². The minimum Gasteiger partial charge on any atom is -0.193 e. The largest absolute Gasteiger partial charge is 0.193 e. The van der Waals surface area contributed by atoms with Crippen LogP contribution in [0.3, 0.4) is 0 Å². The number of allylic oxidation sites excluding steroid dienone is 1. The Morgan fingerprint density at radius 1 is 1.42 bits per heavy atom. The average Bonchev–Trinajstić information content (AvgIpc) is 1.99. The van der Waals surface area contributed by atoms with Gasteiger partial charge in [0, 0.05) is 9.65 Å². The quantitative estimate of drug-likeness (QED) is 0.567. The Morgan fingerprint density at radius 2 is 2.17 bits per heavy atom. The maximum atomic E-state index is 8.33. The molecule has 1 aromatic rings. The van der Waals surface area contributed by atoms with E-state index in [1.165, 1.54) is 15.2 Å². The van der Waals surface area contributed by atoms with Crippen molar-refractivity contribution in [3.05, 3.63) is 39.0 Å². The molecule has 0 aromatic heterocycles. The summed E-state index contributed by atoms with van der Waals surface area (Å²) in [5, 5.41) is 8.33. The van der Waals surface area contributed by atoms with E-state index in [1.54, 1.807) is 0 Å². The first-order valence-electron chi connectivity index (χ1n) is 3.56. The second-order valence-electron chi connectivity index (χ2n) is 2.52. The van der Waals surface area contributed by atoms with Crippen LogP contribution in [0.5, 0.6) is 0 Å². The van der Waals surface area contributed by atoms with Gasteiger partial charge in [0.1, 0.15) is 0 Å². The maximum Gasteiger partial charge on any atom is 0.0912 e. The summed E-state index contributed by atoms with van der Waals surface area (Å²) in [5.74, 6) is 0. The molecule has 1 aromatic carbocycles. The van der Waals surface area contributed by atoms with E-state index in [2.05, 4.69) is 34.7 Å². The molecule has 0 saturated heterocycles. The zero-order chi connectivity index (χ0) is 8.97. The summed E-state index contributed by atoms with van der Waals surface area (Å²) in [7, 11) is 0. The minimum absolute atomic E-state index is 1.08. The molecule has 0 fully saturated rings. The highest BCUT2D eigenvalue weighted by Crippen LogP contribution is 2.12. The number of nitrogens with zero attached hydrogens (tertiary/aromatic N) is 1. The fourth-order valence-corrected chi connectivity index (χ4v) is 1.85. The molecule has 0 radical (unpaired) electrons. The summed E-state index contributed by atoms with van der Waals surface area (Å²) in [5.41, 5.74) is 2.31. The Hall–Kier alpha value is -0.820. The first-order chi connectivity index (χ1) is 5.72. The molecule has 0 N–H and O–H groups in total. The van der Waals surface area contributed by atoms with E-state index in [4.69, 9.17) is 5.26 Å². The lowest BCUT2D eigenvalue weighted by atomic mass is 10.1. The van der Waals surface area contributed by atoms with Gasteiger partial charge in [0.2, 0.25) is 0 Å². The molecule has 0 spiro atoms. The van der Waals surface area contributed by atoms with E-state index in [-0.39, 0.29) is 0 Å². The van der Waals surface area contributed by atoms with Gasteiger partial charge in [0.25, 0.3) is 0 Å². The highest BCUT2D eigenvalue weighted by Gasteiger charge is 1.91. The number of halogens is 1. The average molecular weight is 269 g/mol. The smallest absolute Gasteiger partial charge is 0.0912 e. The van der Waals surface area contributed by atoms with Crippen LogP contribution in [0, 0.1) is 21.8 Å². The second kappa shape index (κ2) is 4.27. The molecule has 12 heavy (non-hydrogen) atoms. The van der Waals surface area contributed by atoms with Crippen molar-refractivity contribution in [1.29, 1.82) is 5.26 Å². The van der Waals surface area contributed by atoms with Crippen LogP contribution in [0.25, 0.3) is 6.08 Å². The predicted molar refractivity (Wildman–Crippen MR) is 58.5 cm³/mol. The number of hydrogen-bond acceptors (Lipinski definition) is 1. The predicted octanol–water partition coefficient (Wildman–Crippen LogP) is 3.14. The van der Waals surface area contributed by atoms with Gasteiger partial charge in [-0.1, -0.05) is 6.07 Å². The Balaban J connectivity index is 3.03. The zero-order valence-electron chi connectivity index (χ0n) is 6.71. The van der Waals surface area contributed by atoms with Crippen LogP contribution >= 0.6 is 22.6 Å². The molecule has 0 atom stereocenters. The molecule has 0 aliphatic carbocycles. The summed E-state index contributed by atoms with van der Waals surface area (Å²) in [4.78, 5) is 0. The van der Waals surface area contributed by atoms with Gasteiger partial charge in [-0.2, -0.15) is 5.26 Å². The molecule has 0 saturated carbocycles. The normalized spacial score (nSPS) is 10.1. The number of nitriles is 1. The van der Waals surface area contributed by atoms with Crippen molar-refractivity contribution in [1.82, 2.24) is 0 Å². The van der Waals surface area contributed by atoms with Gasteiger partial charge < -0.3 is 0 Å². The topological polar surface area (TPSA) is 23.8 Å².